The second-order valence-electron chi connectivity index (χ2n) is 3.75. The molecule has 0 saturated carbocycles. The largest absolute Gasteiger partial charge is 0.463 e. The molecule has 0 radical (unpaired) electrons. The normalized spacial score (nSPS) is 15.1. The lowest BCUT2D eigenvalue weighted by atomic mass is 10.1. The van der Waals surface area contributed by atoms with Crippen LogP contribution >= 0.6 is 0 Å². The maximum atomic E-state index is 11.1. The summed E-state index contributed by atoms with van der Waals surface area (Å²) in [5.41, 5.74) is 0. The van der Waals surface area contributed by atoms with Crippen molar-refractivity contribution >= 4 is 5.97 Å². The zero-order chi connectivity index (χ0) is 11.8. The summed E-state index contributed by atoms with van der Waals surface area (Å²) in [6.45, 7) is 3.06. The highest BCUT2D eigenvalue weighted by molar-refractivity contribution is 5.69. The van der Waals surface area contributed by atoms with Gasteiger partial charge in [0.05, 0.1) is 18.8 Å². The number of hydrogen-bond donors (Lipinski definition) is 3. The molecular formula is C10H20O5. The van der Waals surface area contributed by atoms with Crippen LogP contribution in [0.25, 0.3) is 0 Å². The second-order valence-corrected chi connectivity index (χ2v) is 3.75. The first-order chi connectivity index (χ1) is 6.97. The van der Waals surface area contributed by atoms with Gasteiger partial charge in [-0.05, 0) is 26.7 Å². The Hall–Kier alpha value is -0.650. The third-order valence-electron chi connectivity index (χ3n) is 1.88. The Morgan fingerprint density at radius 3 is 2.33 bits per heavy atom. The Labute approximate surface area is 89.7 Å². The van der Waals surface area contributed by atoms with Crippen LogP contribution in [-0.2, 0) is 9.53 Å². The molecule has 0 aromatic carbocycles. The maximum Gasteiger partial charge on any atom is 0.306 e. The standard InChI is InChI=1S/C10H20O5/c1-7(2)15-10(14)5-3-4-8(12)9(13)6-11/h7-9,11-13H,3-6H2,1-2H3/t8-,9+/m1/s1. The van der Waals surface area contributed by atoms with Gasteiger partial charge in [0.2, 0.25) is 0 Å². The average molecular weight is 220 g/mol. The molecule has 0 aromatic rings. The van der Waals surface area contributed by atoms with Gasteiger partial charge in [0, 0.05) is 6.42 Å². The zero-order valence-corrected chi connectivity index (χ0v) is 9.22. The van der Waals surface area contributed by atoms with E-state index in [2.05, 4.69) is 0 Å². The summed E-state index contributed by atoms with van der Waals surface area (Å²) in [4.78, 5) is 11.1. The van der Waals surface area contributed by atoms with Gasteiger partial charge in [-0.2, -0.15) is 0 Å². The first-order valence-electron chi connectivity index (χ1n) is 5.13. The number of aliphatic hydroxyl groups is 3. The number of esters is 1. The number of aliphatic hydroxyl groups excluding tert-OH is 3. The third-order valence-corrected chi connectivity index (χ3v) is 1.88. The number of rotatable bonds is 7. The van der Waals surface area contributed by atoms with Crippen molar-refractivity contribution in [1.29, 1.82) is 0 Å². The Kier molecular flexibility index (Phi) is 7.29. The van der Waals surface area contributed by atoms with Crippen LogP contribution in [0.15, 0.2) is 0 Å². The molecule has 0 saturated heterocycles. The molecule has 0 bridgehead atoms. The quantitative estimate of drug-likeness (QED) is 0.518. The molecule has 0 fully saturated rings. The van der Waals surface area contributed by atoms with E-state index in [1.165, 1.54) is 0 Å². The highest BCUT2D eigenvalue weighted by Gasteiger charge is 2.15. The molecule has 0 aromatic heterocycles. The number of carbonyl (C=O) groups is 1. The monoisotopic (exact) mass is 220 g/mol. The van der Waals surface area contributed by atoms with E-state index in [0.29, 0.717) is 6.42 Å². The Morgan fingerprint density at radius 1 is 1.27 bits per heavy atom. The van der Waals surface area contributed by atoms with Crippen LogP contribution in [0, 0.1) is 0 Å². The van der Waals surface area contributed by atoms with Crippen molar-refractivity contribution in [2.24, 2.45) is 0 Å². The number of carbonyl (C=O) groups excluding carboxylic acids is 1. The molecule has 15 heavy (non-hydrogen) atoms. The molecule has 90 valence electrons. The molecule has 5 nitrogen and oxygen atoms in total. The summed E-state index contributed by atoms with van der Waals surface area (Å²) in [6, 6.07) is 0. The zero-order valence-electron chi connectivity index (χ0n) is 9.22. The molecule has 0 aliphatic rings. The SMILES string of the molecule is CC(C)OC(=O)CCC[C@@H](O)[C@@H](O)CO. The van der Waals surface area contributed by atoms with Gasteiger partial charge in [-0.15, -0.1) is 0 Å². The summed E-state index contributed by atoms with van der Waals surface area (Å²) in [7, 11) is 0. The first kappa shape index (κ1) is 14.3. The van der Waals surface area contributed by atoms with E-state index in [1.54, 1.807) is 13.8 Å². The molecule has 3 N–H and O–H groups in total. The molecule has 0 amide bonds. The lowest BCUT2D eigenvalue weighted by Crippen LogP contribution is -2.29. The predicted octanol–water partition coefficient (Wildman–Crippen LogP) is -0.178. The average Bonchev–Trinajstić information content (AvgIpc) is 2.15. The van der Waals surface area contributed by atoms with E-state index < -0.39 is 18.8 Å². The molecule has 0 heterocycles. The topological polar surface area (TPSA) is 87.0 Å². The lowest BCUT2D eigenvalue weighted by Gasteiger charge is -2.15. The first-order valence-corrected chi connectivity index (χ1v) is 5.13. The Morgan fingerprint density at radius 2 is 1.87 bits per heavy atom. The van der Waals surface area contributed by atoms with Gasteiger partial charge < -0.3 is 20.1 Å². The summed E-state index contributed by atoms with van der Waals surface area (Å²) in [6.07, 6.45) is -1.33. The smallest absolute Gasteiger partial charge is 0.306 e. The fourth-order valence-corrected chi connectivity index (χ4v) is 1.09. The van der Waals surface area contributed by atoms with E-state index in [9.17, 15) is 9.90 Å². The second kappa shape index (κ2) is 7.62. The number of ether oxygens (including phenoxy) is 1. The Balaban J connectivity index is 3.57. The minimum absolute atomic E-state index is 0.134. The van der Waals surface area contributed by atoms with Crippen LogP contribution in [0.2, 0.25) is 0 Å². The van der Waals surface area contributed by atoms with Crippen molar-refractivity contribution < 1.29 is 24.9 Å². The minimum atomic E-state index is -1.13. The van der Waals surface area contributed by atoms with Gasteiger partial charge in [0.1, 0.15) is 6.10 Å². The third kappa shape index (κ3) is 7.30. The summed E-state index contributed by atoms with van der Waals surface area (Å²) < 4.78 is 4.89. The summed E-state index contributed by atoms with van der Waals surface area (Å²) in [5.74, 6) is -0.310. The predicted molar refractivity (Wildman–Crippen MR) is 54.2 cm³/mol. The van der Waals surface area contributed by atoms with Gasteiger partial charge in [-0.25, -0.2) is 0 Å². The fourth-order valence-electron chi connectivity index (χ4n) is 1.09. The van der Waals surface area contributed by atoms with E-state index in [1.807, 2.05) is 0 Å². The van der Waals surface area contributed by atoms with Crippen LogP contribution < -0.4 is 0 Å². The summed E-state index contributed by atoms with van der Waals surface area (Å²) in [5, 5.41) is 26.8. The van der Waals surface area contributed by atoms with Gasteiger partial charge in [-0.1, -0.05) is 0 Å². The Bertz CT molecular complexity index is 181. The van der Waals surface area contributed by atoms with Crippen LogP contribution in [0.3, 0.4) is 0 Å². The van der Waals surface area contributed by atoms with Crippen molar-refractivity contribution in [2.45, 2.75) is 51.4 Å². The van der Waals surface area contributed by atoms with Crippen LogP contribution in [0.1, 0.15) is 33.1 Å². The molecule has 0 rings (SSSR count). The van der Waals surface area contributed by atoms with E-state index in [0.717, 1.165) is 0 Å². The number of hydrogen-bond acceptors (Lipinski definition) is 5. The molecule has 0 aliphatic carbocycles. The maximum absolute atomic E-state index is 11.1. The molecule has 5 heteroatoms. The summed E-state index contributed by atoms with van der Waals surface area (Å²) >= 11 is 0. The van der Waals surface area contributed by atoms with Crippen molar-refractivity contribution in [2.75, 3.05) is 6.61 Å². The van der Waals surface area contributed by atoms with Gasteiger partial charge in [0.15, 0.2) is 0 Å². The fraction of sp³-hybridized carbons (Fsp3) is 0.900. The van der Waals surface area contributed by atoms with Crippen molar-refractivity contribution in [3.05, 3.63) is 0 Å². The van der Waals surface area contributed by atoms with Crippen molar-refractivity contribution in [3.8, 4) is 0 Å². The molecule has 0 aliphatic heterocycles. The van der Waals surface area contributed by atoms with E-state index in [4.69, 9.17) is 14.9 Å². The van der Waals surface area contributed by atoms with Crippen molar-refractivity contribution in [1.82, 2.24) is 0 Å². The van der Waals surface area contributed by atoms with Gasteiger partial charge >= 0.3 is 5.97 Å². The highest BCUT2D eigenvalue weighted by Crippen LogP contribution is 2.06. The molecule has 0 unspecified atom stereocenters. The molecular weight excluding hydrogens is 200 g/mol. The molecule has 0 spiro atoms. The van der Waals surface area contributed by atoms with E-state index >= 15 is 0 Å². The minimum Gasteiger partial charge on any atom is -0.463 e. The van der Waals surface area contributed by atoms with Gasteiger partial charge in [0.25, 0.3) is 0 Å². The lowest BCUT2D eigenvalue weighted by molar-refractivity contribution is -0.147. The van der Waals surface area contributed by atoms with Crippen LogP contribution in [0.5, 0.6) is 0 Å². The van der Waals surface area contributed by atoms with Gasteiger partial charge in [-0.3, -0.25) is 4.79 Å². The van der Waals surface area contributed by atoms with Crippen LogP contribution in [0.4, 0.5) is 0 Å². The van der Waals surface area contributed by atoms with E-state index in [-0.39, 0.29) is 24.9 Å². The highest BCUT2D eigenvalue weighted by atomic mass is 16.5. The van der Waals surface area contributed by atoms with Crippen LogP contribution in [-0.4, -0.2) is 46.2 Å². The molecule has 2 atom stereocenters. The van der Waals surface area contributed by atoms with Crippen molar-refractivity contribution in [3.63, 3.8) is 0 Å².